The van der Waals surface area contributed by atoms with Crippen molar-refractivity contribution in [2.24, 2.45) is 0 Å². The van der Waals surface area contributed by atoms with Crippen LogP contribution in [0.3, 0.4) is 0 Å². The maximum Gasteiger partial charge on any atom is 0.316 e. The number of hydrogen-bond donors (Lipinski definition) is 0. The quantitative estimate of drug-likeness (QED) is 0.361. The van der Waals surface area contributed by atoms with E-state index in [0.29, 0.717) is 6.07 Å². The van der Waals surface area contributed by atoms with Crippen molar-refractivity contribution in [1.29, 1.82) is 0 Å². The zero-order valence-corrected chi connectivity index (χ0v) is 10.8. The molecule has 1 heterocycles. The topological polar surface area (TPSA) is 90.2 Å². The first-order valence-corrected chi connectivity index (χ1v) is 6.82. The van der Waals surface area contributed by atoms with E-state index in [1.807, 2.05) is 0 Å². The van der Waals surface area contributed by atoms with Crippen LogP contribution in [0.25, 0.3) is 0 Å². The van der Waals surface area contributed by atoms with Crippen LogP contribution in [-0.2, 0) is 9.05 Å². The summed E-state index contributed by atoms with van der Waals surface area (Å²) in [5, 5.41) is 10.6. The first-order valence-electron chi connectivity index (χ1n) is 3.72. The largest absolute Gasteiger partial charge is 0.316 e. The second-order valence-corrected chi connectivity index (χ2v) is 6.02. The number of hydrogen-bond acceptors (Lipinski definition) is 5. The van der Waals surface area contributed by atoms with E-state index in [2.05, 4.69) is 20.9 Å². The Balaban J connectivity index is 3.77. The molecule has 94 valence electrons. The van der Waals surface area contributed by atoms with Gasteiger partial charge in [0.2, 0.25) is 0 Å². The third-order valence-electron chi connectivity index (χ3n) is 1.61. The van der Waals surface area contributed by atoms with Gasteiger partial charge in [0.1, 0.15) is 4.60 Å². The van der Waals surface area contributed by atoms with Crippen LogP contribution in [0.5, 0.6) is 0 Å². The third kappa shape index (κ3) is 3.07. The molecule has 0 aliphatic heterocycles. The fourth-order valence-electron chi connectivity index (χ4n) is 1.02. The zero-order valence-electron chi connectivity index (χ0n) is 7.60. The van der Waals surface area contributed by atoms with E-state index in [4.69, 9.17) is 10.7 Å². The van der Waals surface area contributed by atoms with Gasteiger partial charge >= 0.3 is 5.69 Å². The van der Waals surface area contributed by atoms with Crippen molar-refractivity contribution in [2.45, 2.75) is 11.3 Å². The maximum atomic E-state index is 12.5. The predicted molar refractivity (Wildman–Crippen MR) is 56.6 cm³/mol. The lowest BCUT2D eigenvalue weighted by Gasteiger charge is -2.05. The van der Waals surface area contributed by atoms with Gasteiger partial charge in [-0.3, -0.25) is 10.1 Å². The molecule has 0 radical (unpaired) electrons. The van der Waals surface area contributed by atoms with Crippen molar-refractivity contribution in [3.63, 3.8) is 0 Å². The minimum absolute atomic E-state index is 0.294. The fourth-order valence-corrected chi connectivity index (χ4v) is 2.61. The van der Waals surface area contributed by atoms with Crippen LogP contribution < -0.4 is 0 Å². The van der Waals surface area contributed by atoms with Gasteiger partial charge in [-0.25, -0.2) is 22.2 Å². The minimum Gasteiger partial charge on any atom is -0.258 e. The molecule has 0 saturated heterocycles. The van der Waals surface area contributed by atoms with Crippen LogP contribution in [0.1, 0.15) is 12.1 Å². The standard InChI is InChI=1S/C6H2BrClF2N2O4S/c7-3-1-2(17(8,15)16)5(12(13)14)4(11-3)6(9)10/h1,6H. The molecule has 0 fully saturated rings. The van der Waals surface area contributed by atoms with Crippen LogP contribution in [-0.4, -0.2) is 18.3 Å². The summed E-state index contributed by atoms with van der Waals surface area (Å²) >= 11 is 2.67. The highest BCUT2D eigenvalue weighted by Crippen LogP contribution is 2.36. The van der Waals surface area contributed by atoms with Crippen molar-refractivity contribution in [3.8, 4) is 0 Å². The smallest absolute Gasteiger partial charge is 0.258 e. The second-order valence-electron chi connectivity index (χ2n) is 2.67. The summed E-state index contributed by atoms with van der Waals surface area (Å²) in [6.45, 7) is 0. The number of alkyl halides is 2. The van der Waals surface area contributed by atoms with Crippen molar-refractivity contribution in [2.75, 3.05) is 0 Å². The molecule has 0 amide bonds. The molecule has 0 atom stereocenters. The van der Waals surface area contributed by atoms with E-state index in [1.54, 1.807) is 0 Å². The molecule has 0 aromatic carbocycles. The minimum atomic E-state index is -4.53. The van der Waals surface area contributed by atoms with Crippen molar-refractivity contribution in [1.82, 2.24) is 4.98 Å². The highest BCUT2D eigenvalue weighted by atomic mass is 79.9. The van der Waals surface area contributed by atoms with Gasteiger partial charge < -0.3 is 0 Å². The Bertz CT molecular complexity index is 580. The van der Waals surface area contributed by atoms with E-state index in [-0.39, 0.29) is 4.60 Å². The molecule has 1 aromatic heterocycles. The molecular weight excluding hydrogens is 349 g/mol. The molecule has 0 spiro atoms. The lowest BCUT2D eigenvalue weighted by Crippen LogP contribution is -2.06. The van der Waals surface area contributed by atoms with Crippen molar-refractivity contribution in [3.05, 3.63) is 26.5 Å². The van der Waals surface area contributed by atoms with Gasteiger partial charge in [-0.2, -0.15) is 0 Å². The van der Waals surface area contributed by atoms with Gasteiger partial charge in [-0.05, 0) is 22.0 Å². The molecule has 0 N–H and O–H groups in total. The number of nitrogens with zero attached hydrogens (tertiary/aromatic N) is 2. The molecule has 11 heteroatoms. The Kier molecular flexibility index (Phi) is 3.99. The third-order valence-corrected chi connectivity index (χ3v) is 3.35. The van der Waals surface area contributed by atoms with E-state index in [9.17, 15) is 27.3 Å². The Morgan fingerprint density at radius 2 is 2.06 bits per heavy atom. The van der Waals surface area contributed by atoms with Crippen LogP contribution >= 0.6 is 26.6 Å². The van der Waals surface area contributed by atoms with Gasteiger partial charge in [-0.1, -0.05) is 0 Å². The molecule has 0 bridgehead atoms. The Hall–Kier alpha value is -0.870. The average Bonchev–Trinajstić information content (AvgIpc) is 2.14. The summed E-state index contributed by atoms with van der Waals surface area (Å²) in [6.07, 6.45) is -3.30. The molecule has 6 nitrogen and oxygen atoms in total. The van der Waals surface area contributed by atoms with Crippen LogP contribution in [0.4, 0.5) is 14.5 Å². The lowest BCUT2D eigenvalue weighted by molar-refractivity contribution is -0.389. The summed E-state index contributed by atoms with van der Waals surface area (Å²) in [6, 6.07) is 0.687. The SMILES string of the molecule is O=[N+]([O-])c1c(S(=O)(=O)Cl)cc(Br)nc1C(F)F. The predicted octanol–water partition coefficient (Wildman–Crippen LogP) is 2.62. The van der Waals surface area contributed by atoms with Crippen LogP contribution in [0, 0.1) is 10.1 Å². The second kappa shape index (κ2) is 4.78. The molecule has 1 aromatic rings. The van der Waals surface area contributed by atoms with Gasteiger partial charge in [-0.15, -0.1) is 0 Å². The first kappa shape index (κ1) is 14.2. The van der Waals surface area contributed by atoms with Crippen molar-refractivity contribution >= 4 is 41.4 Å². The number of halogens is 4. The number of nitro groups is 1. The molecule has 17 heavy (non-hydrogen) atoms. The van der Waals surface area contributed by atoms with Crippen LogP contribution in [0.15, 0.2) is 15.6 Å². The number of rotatable bonds is 3. The summed E-state index contributed by atoms with van der Waals surface area (Å²) in [5.74, 6) is 0. The molecule has 0 aliphatic carbocycles. The molecule has 0 saturated carbocycles. The summed E-state index contributed by atoms with van der Waals surface area (Å²) in [4.78, 5) is 11.5. The zero-order chi connectivity index (χ0) is 13.4. The first-order chi connectivity index (χ1) is 7.64. The van der Waals surface area contributed by atoms with Gasteiger partial charge in [0.05, 0.1) is 4.92 Å². The maximum absolute atomic E-state index is 12.5. The molecular formula is C6H2BrClF2N2O4S. The van der Waals surface area contributed by atoms with Gasteiger partial charge in [0.25, 0.3) is 15.5 Å². The molecule has 0 unspecified atom stereocenters. The fraction of sp³-hybridized carbons (Fsp3) is 0.167. The molecule has 1 rings (SSSR count). The molecule has 0 aliphatic rings. The average molecular weight is 352 g/mol. The number of pyridine rings is 1. The van der Waals surface area contributed by atoms with Gasteiger partial charge in [0.15, 0.2) is 10.6 Å². The van der Waals surface area contributed by atoms with Gasteiger partial charge in [0, 0.05) is 10.7 Å². The Labute approximate surface area is 106 Å². The van der Waals surface area contributed by atoms with Crippen LogP contribution in [0.2, 0.25) is 0 Å². The Morgan fingerprint density at radius 3 is 2.41 bits per heavy atom. The monoisotopic (exact) mass is 350 g/mol. The summed E-state index contributed by atoms with van der Waals surface area (Å²) in [5.41, 5.74) is -2.58. The Morgan fingerprint density at radius 1 is 1.53 bits per heavy atom. The lowest BCUT2D eigenvalue weighted by atomic mass is 10.3. The highest BCUT2D eigenvalue weighted by Gasteiger charge is 2.33. The van der Waals surface area contributed by atoms with E-state index in [0.717, 1.165) is 0 Å². The number of aromatic nitrogens is 1. The van der Waals surface area contributed by atoms with E-state index < -0.39 is 36.7 Å². The summed E-state index contributed by atoms with van der Waals surface area (Å²) in [7, 11) is 0.401. The van der Waals surface area contributed by atoms with E-state index in [1.165, 1.54) is 0 Å². The van der Waals surface area contributed by atoms with Crippen molar-refractivity contribution < 1.29 is 22.1 Å². The highest BCUT2D eigenvalue weighted by molar-refractivity contribution is 9.10. The normalized spacial score (nSPS) is 11.8. The van der Waals surface area contributed by atoms with E-state index >= 15 is 0 Å². The summed E-state index contributed by atoms with van der Waals surface area (Å²) < 4.78 is 46.8.